The molecule has 0 aliphatic heterocycles. The summed E-state index contributed by atoms with van der Waals surface area (Å²) in [7, 11) is 0. The van der Waals surface area contributed by atoms with Crippen LogP contribution in [-0.2, 0) is 10.5 Å². The number of thioether (sulfide) groups is 2. The Balaban J connectivity index is 1.72. The zero-order valence-corrected chi connectivity index (χ0v) is 15.1. The molecule has 0 saturated carbocycles. The van der Waals surface area contributed by atoms with Crippen molar-refractivity contribution in [2.45, 2.75) is 21.4 Å². The van der Waals surface area contributed by atoms with Gasteiger partial charge >= 0.3 is 0 Å². The number of primary amides is 1. The topological polar surface area (TPSA) is 103 Å². The van der Waals surface area contributed by atoms with Gasteiger partial charge in [0.05, 0.1) is 11.4 Å². The maximum atomic E-state index is 12.2. The Morgan fingerprint density at radius 1 is 1.29 bits per heavy atom. The quantitative estimate of drug-likeness (QED) is 0.650. The Hall–Kier alpha value is -1.91. The van der Waals surface area contributed by atoms with Crippen LogP contribution in [0.15, 0.2) is 37.7 Å². The number of aryl methyl sites for hydroxylation is 1. The molecule has 24 heavy (non-hydrogen) atoms. The number of pyridine rings is 1. The molecule has 0 spiro atoms. The summed E-state index contributed by atoms with van der Waals surface area (Å²) < 4.78 is 3.03. The van der Waals surface area contributed by atoms with E-state index in [9.17, 15) is 9.59 Å². The van der Waals surface area contributed by atoms with Gasteiger partial charge < -0.3 is 5.73 Å². The highest BCUT2D eigenvalue weighted by Crippen LogP contribution is 2.30. The molecular formula is C14H13N5O2S3. The number of aromatic nitrogens is 4. The van der Waals surface area contributed by atoms with Gasteiger partial charge in [-0.15, -0.1) is 10.2 Å². The molecule has 0 aromatic carbocycles. The van der Waals surface area contributed by atoms with Crippen LogP contribution in [0.2, 0.25) is 0 Å². The summed E-state index contributed by atoms with van der Waals surface area (Å²) in [5.74, 6) is 0.316. The van der Waals surface area contributed by atoms with Gasteiger partial charge in [-0.2, -0.15) is 0 Å². The summed E-state index contributed by atoms with van der Waals surface area (Å²) in [4.78, 5) is 27.5. The standard InChI is InChI=1S/C14H13N5O2S3/c1-8-3-2-4-11-16-9(5-12(21)19(8)11)6-22-13-17-18-14(24-13)23-7-10(15)20/h2-5H,6-7H2,1H3,(H2,15,20). The summed E-state index contributed by atoms with van der Waals surface area (Å²) in [6.45, 7) is 1.87. The number of nitrogens with two attached hydrogens (primary N) is 1. The molecule has 2 N–H and O–H groups in total. The molecule has 0 unspecified atom stereocenters. The third kappa shape index (κ3) is 3.94. The van der Waals surface area contributed by atoms with E-state index < -0.39 is 0 Å². The summed E-state index contributed by atoms with van der Waals surface area (Å²) in [5.41, 5.74) is 7.19. The van der Waals surface area contributed by atoms with Gasteiger partial charge in [0, 0.05) is 17.5 Å². The van der Waals surface area contributed by atoms with Crippen molar-refractivity contribution in [3.05, 3.63) is 46.0 Å². The van der Waals surface area contributed by atoms with E-state index in [4.69, 9.17) is 5.73 Å². The van der Waals surface area contributed by atoms with E-state index in [-0.39, 0.29) is 17.2 Å². The number of nitrogens with zero attached hydrogens (tertiary/aromatic N) is 4. The Labute approximate surface area is 149 Å². The highest BCUT2D eigenvalue weighted by molar-refractivity contribution is 8.03. The second-order valence-electron chi connectivity index (χ2n) is 4.82. The van der Waals surface area contributed by atoms with Crippen LogP contribution in [0, 0.1) is 6.92 Å². The molecule has 0 radical (unpaired) electrons. The molecule has 7 nitrogen and oxygen atoms in total. The highest BCUT2D eigenvalue weighted by atomic mass is 32.2. The molecule has 3 heterocycles. The van der Waals surface area contributed by atoms with Crippen molar-refractivity contribution in [2.24, 2.45) is 5.73 Å². The average Bonchev–Trinajstić information content (AvgIpc) is 2.99. The lowest BCUT2D eigenvalue weighted by Gasteiger charge is -2.05. The predicted octanol–water partition coefficient (Wildman–Crippen LogP) is 1.72. The fraction of sp³-hybridized carbons (Fsp3) is 0.214. The number of hydrogen-bond donors (Lipinski definition) is 1. The van der Waals surface area contributed by atoms with E-state index in [1.165, 1.54) is 40.9 Å². The van der Waals surface area contributed by atoms with E-state index in [0.717, 1.165) is 10.0 Å². The predicted molar refractivity (Wildman–Crippen MR) is 95.6 cm³/mol. The number of carbonyl (C=O) groups is 1. The molecule has 0 fully saturated rings. The number of fused-ring (bicyclic) bond motifs is 1. The largest absolute Gasteiger partial charge is 0.369 e. The summed E-state index contributed by atoms with van der Waals surface area (Å²) in [6.07, 6.45) is 0. The molecule has 3 aromatic heterocycles. The van der Waals surface area contributed by atoms with Crippen molar-refractivity contribution < 1.29 is 4.79 Å². The fourth-order valence-electron chi connectivity index (χ4n) is 2.02. The SMILES string of the molecule is Cc1cccc2nc(CSc3nnc(SCC(N)=O)s3)cc(=O)n12. The second kappa shape index (κ2) is 7.32. The zero-order valence-electron chi connectivity index (χ0n) is 12.6. The van der Waals surface area contributed by atoms with E-state index in [0.29, 0.717) is 21.4 Å². The van der Waals surface area contributed by atoms with Gasteiger partial charge in [0.15, 0.2) is 8.68 Å². The molecule has 0 saturated heterocycles. The van der Waals surface area contributed by atoms with Crippen LogP contribution in [0.5, 0.6) is 0 Å². The molecule has 124 valence electrons. The normalized spacial score (nSPS) is 11.0. The zero-order chi connectivity index (χ0) is 17.1. The van der Waals surface area contributed by atoms with Gasteiger partial charge in [-0.1, -0.05) is 40.9 Å². The number of carbonyl (C=O) groups excluding carboxylic acids is 1. The summed E-state index contributed by atoms with van der Waals surface area (Å²) >= 11 is 4.11. The first kappa shape index (κ1) is 16.9. The third-order valence-electron chi connectivity index (χ3n) is 3.00. The number of hydrogen-bond acceptors (Lipinski definition) is 8. The van der Waals surface area contributed by atoms with E-state index >= 15 is 0 Å². The van der Waals surface area contributed by atoms with Gasteiger partial charge in [0.25, 0.3) is 5.56 Å². The molecule has 3 rings (SSSR count). The monoisotopic (exact) mass is 379 g/mol. The van der Waals surface area contributed by atoms with Gasteiger partial charge in [-0.05, 0) is 19.1 Å². The van der Waals surface area contributed by atoms with Crippen molar-refractivity contribution in [1.82, 2.24) is 19.6 Å². The number of amides is 1. The van der Waals surface area contributed by atoms with Crippen molar-refractivity contribution in [2.75, 3.05) is 5.75 Å². The van der Waals surface area contributed by atoms with Crippen molar-refractivity contribution in [1.29, 1.82) is 0 Å². The third-order valence-corrected chi connectivity index (χ3v) is 6.25. The molecule has 0 aliphatic rings. The lowest BCUT2D eigenvalue weighted by molar-refractivity contribution is -0.115. The summed E-state index contributed by atoms with van der Waals surface area (Å²) in [6, 6.07) is 7.10. The minimum Gasteiger partial charge on any atom is -0.369 e. The van der Waals surface area contributed by atoms with Crippen LogP contribution < -0.4 is 11.3 Å². The first-order valence-electron chi connectivity index (χ1n) is 6.88. The minimum atomic E-state index is -0.388. The van der Waals surface area contributed by atoms with Gasteiger partial charge in [0.1, 0.15) is 5.65 Å². The second-order valence-corrected chi connectivity index (χ2v) is 8.25. The van der Waals surface area contributed by atoms with Gasteiger partial charge in [-0.3, -0.25) is 14.0 Å². The number of rotatable bonds is 6. The van der Waals surface area contributed by atoms with Gasteiger partial charge in [-0.25, -0.2) is 4.98 Å². The molecule has 0 bridgehead atoms. The van der Waals surface area contributed by atoms with Crippen LogP contribution >= 0.6 is 34.9 Å². The van der Waals surface area contributed by atoms with Gasteiger partial charge in [0.2, 0.25) is 5.91 Å². The molecule has 0 atom stereocenters. The minimum absolute atomic E-state index is 0.0938. The lowest BCUT2D eigenvalue weighted by atomic mass is 10.3. The Morgan fingerprint density at radius 2 is 2.04 bits per heavy atom. The Morgan fingerprint density at radius 3 is 2.79 bits per heavy atom. The molecule has 3 aromatic rings. The van der Waals surface area contributed by atoms with Crippen LogP contribution in [0.1, 0.15) is 11.4 Å². The maximum Gasteiger partial charge on any atom is 0.258 e. The Bertz CT molecular complexity index is 953. The highest BCUT2D eigenvalue weighted by Gasteiger charge is 2.09. The fourth-order valence-corrected chi connectivity index (χ4v) is 4.67. The molecule has 10 heteroatoms. The van der Waals surface area contributed by atoms with E-state index in [2.05, 4.69) is 15.2 Å². The molecule has 1 amide bonds. The van der Waals surface area contributed by atoms with Crippen molar-refractivity contribution in [3.63, 3.8) is 0 Å². The van der Waals surface area contributed by atoms with Crippen molar-refractivity contribution >= 4 is 46.4 Å². The van der Waals surface area contributed by atoms with Crippen LogP contribution in [0.3, 0.4) is 0 Å². The first-order valence-corrected chi connectivity index (χ1v) is 9.67. The summed E-state index contributed by atoms with van der Waals surface area (Å²) in [5, 5.41) is 8.05. The smallest absolute Gasteiger partial charge is 0.258 e. The van der Waals surface area contributed by atoms with E-state index in [1.807, 2.05) is 25.1 Å². The van der Waals surface area contributed by atoms with Crippen LogP contribution in [-0.4, -0.2) is 31.2 Å². The van der Waals surface area contributed by atoms with Crippen LogP contribution in [0.25, 0.3) is 5.65 Å². The molecule has 0 aliphatic carbocycles. The first-order chi connectivity index (χ1) is 11.5. The maximum absolute atomic E-state index is 12.2. The van der Waals surface area contributed by atoms with Crippen LogP contribution in [0.4, 0.5) is 0 Å². The van der Waals surface area contributed by atoms with Crippen molar-refractivity contribution in [3.8, 4) is 0 Å². The Kier molecular flexibility index (Phi) is 5.17. The molecular weight excluding hydrogens is 366 g/mol. The lowest BCUT2D eigenvalue weighted by Crippen LogP contribution is -2.17. The van der Waals surface area contributed by atoms with E-state index in [1.54, 1.807) is 4.40 Å². The average molecular weight is 379 g/mol.